The van der Waals surface area contributed by atoms with Gasteiger partial charge in [0, 0.05) is 0 Å². The molecule has 22 heavy (non-hydrogen) atoms. The first-order valence-corrected chi connectivity index (χ1v) is 8.01. The molecule has 1 heteroatoms. The van der Waals surface area contributed by atoms with Gasteiger partial charge in [0.1, 0.15) is 0 Å². The van der Waals surface area contributed by atoms with Crippen molar-refractivity contribution in [1.29, 1.82) is 0 Å². The van der Waals surface area contributed by atoms with Crippen molar-refractivity contribution in [3.63, 3.8) is 0 Å². The summed E-state index contributed by atoms with van der Waals surface area (Å²) in [5.41, 5.74) is 8.26. The molecule has 0 amide bonds. The van der Waals surface area contributed by atoms with Gasteiger partial charge in [-0.25, -0.2) is 0 Å². The van der Waals surface area contributed by atoms with Crippen LogP contribution < -0.4 is 5.73 Å². The standard InChI is InChI=1S/C21H25N/c22-18-17-21(15-7-13-19-9-3-1-4-10-19)16-8-14-20-11-5-2-6-12-20/h1-14,21H,15-18,22H2. The molecule has 0 aliphatic rings. The Kier molecular flexibility index (Phi) is 7.20. The first-order chi connectivity index (χ1) is 10.9. The van der Waals surface area contributed by atoms with E-state index in [1.54, 1.807) is 0 Å². The summed E-state index contributed by atoms with van der Waals surface area (Å²) in [5, 5.41) is 0. The third kappa shape index (κ3) is 6.11. The molecule has 0 atom stereocenters. The van der Waals surface area contributed by atoms with Gasteiger partial charge in [0.15, 0.2) is 0 Å². The lowest BCUT2D eigenvalue weighted by molar-refractivity contribution is 0.507. The Bertz CT molecular complexity index is 518. The fourth-order valence-corrected chi connectivity index (χ4v) is 2.49. The highest BCUT2D eigenvalue weighted by molar-refractivity contribution is 5.49. The summed E-state index contributed by atoms with van der Waals surface area (Å²) in [7, 11) is 0. The van der Waals surface area contributed by atoms with E-state index in [0.717, 1.165) is 25.8 Å². The third-order valence-corrected chi connectivity index (χ3v) is 3.73. The Morgan fingerprint density at radius 1 is 0.727 bits per heavy atom. The van der Waals surface area contributed by atoms with Crippen LogP contribution in [0.25, 0.3) is 12.2 Å². The van der Waals surface area contributed by atoms with E-state index < -0.39 is 0 Å². The van der Waals surface area contributed by atoms with Crippen LogP contribution in [0.15, 0.2) is 72.8 Å². The quantitative estimate of drug-likeness (QED) is 0.714. The zero-order valence-electron chi connectivity index (χ0n) is 13.1. The lowest BCUT2D eigenvalue weighted by atomic mass is 9.96. The Morgan fingerprint density at radius 2 is 1.18 bits per heavy atom. The maximum atomic E-state index is 5.75. The zero-order chi connectivity index (χ0) is 15.5. The number of rotatable bonds is 8. The molecule has 2 rings (SSSR count). The molecule has 0 aliphatic heterocycles. The van der Waals surface area contributed by atoms with Crippen molar-refractivity contribution in [2.24, 2.45) is 11.7 Å². The Morgan fingerprint density at radius 3 is 1.59 bits per heavy atom. The SMILES string of the molecule is NCCC(CC=Cc1ccccc1)CC=Cc1ccccc1. The van der Waals surface area contributed by atoms with Crippen LogP contribution in [-0.2, 0) is 0 Å². The van der Waals surface area contributed by atoms with E-state index in [0.29, 0.717) is 5.92 Å². The van der Waals surface area contributed by atoms with Gasteiger partial charge >= 0.3 is 0 Å². The van der Waals surface area contributed by atoms with Crippen molar-refractivity contribution in [1.82, 2.24) is 0 Å². The van der Waals surface area contributed by atoms with Crippen molar-refractivity contribution >= 4 is 12.2 Å². The molecule has 2 aromatic rings. The molecule has 0 aromatic heterocycles. The maximum Gasteiger partial charge on any atom is -0.00744 e. The molecule has 0 saturated heterocycles. The number of allylic oxidation sites excluding steroid dienone is 2. The van der Waals surface area contributed by atoms with E-state index >= 15 is 0 Å². The van der Waals surface area contributed by atoms with E-state index in [2.05, 4.69) is 72.8 Å². The summed E-state index contributed by atoms with van der Waals surface area (Å²) in [6.45, 7) is 0.753. The van der Waals surface area contributed by atoms with Crippen LogP contribution in [0, 0.1) is 5.92 Å². The van der Waals surface area contributed by atoms with Crippen molar-refractivity contribution in [2.75, 3.05) is 6.54 Å². The molecule has 114 valence electrons. The summed E-state index contributed by atoms with van der Waals surface area (Å²) in [4.78, 5) is 0. The first-order valence-electron chi connectivity index (χ1n) is 8.01. The second-order valence-corrected chi connectivity index (χ2v) is 5.54. The van der Waals surface area contributed by atoms with E-state index in [4.69, 9.17) is 5.73 Å². The second-order valence-electron chi connectivity index (χ2n) is 5.54. The minimum atomic E-state index is 0.616. The molecule has 0 aliphatic carbocycles. The molecule has 0 radical (unpaired) electrons. The highest BCUT2D eigenvalue weighted by Crippen LogP contribution is 2.16. The van der Waals surface area contributed by atoms with Crippen molar-refractivity contribution in [2.45, 2.75) is 19.3 Å². The normalized spacial score (nSPS) is 13.0. The smallest absolute Gasteiger partial charge is 0.00744 e. The van der Waals surface area contributed by atoms with Crippen LogP contribution in [0.2, 0.25) is 0 Å². The molecule has 0 bridgehead atoms. The van der Waals surface area contributed by atoms with Crippen LogP contribution in [0.5, 0.6) is 0 Å². The minimum Gasteiger partial charge on any atom is -0.330 e. The summed E-state index contributed by atoms with van der Waals surface area (Å²) < 4.78 is 0. The fraction of sp³-hybridized carbons (Fsp3) is 0.238. The lowest BCUT2D eigenvalue weighted by Gasteiger charge is -2.11. The third-order valence-electron chi connectivity index (χ3n) is 3.73. The minimum absolute atomic E-state index is 0.616. The topological polar surface area (TPSA) is 26.0 Å². The fourth-order valence-electron chi connectivity index (χ4n) is 2.49. The Hall–Kier alpha value is -2.12. The monoisotopic (exact) mass is 291 g/mol. The summed E-state index contributed by atoms with van der Waals surface area (Å²) in [5.74, 6) is 0.616. The number of hydrogen-bond donors (Lipinski definition) is 1. The van der Waals surface area contributed by atoms with Crippen LogP contribution in [0.3, 0.4) is 0 Å². The van der Waals surface area contributed by atoms with Crippen molar-refractivity contribution < 1.29 is 0 Å². The number of hydrogen-bond acceptors (Lipinski definition) is 1. The van der Waals surface area contributed by atoms with Gasteiger partial charge in [-0.3, -0.25) is 0 Å². The molecule has 1 nitrogen and oxygen atoms in total. The van der Waals surface area contributed by atoms with Gasteiger partial charge in [-0.1, -0.05) is 85.0 Å². The van der Waals surface area contributed by atoms with Gasteiger partial charge in [-0.15, -0.1) is 0 Å². The predicted octanol–water partition coefficient (Wildman–Crippen LogP) is 5.16. The number of nitrogens with two attached hydrogens (primary N) is 1. The van der Waals surface area contributed by atoms with E-state index in [9.17, 15) is 0 Å². The Labute approximate surface area is 134 Å². The molecule has 0 spiro atoms. The van der Waals surface area contributed by atoms with Gasteiger partial charge in [0.2, 0.25) is 0 Å². The van der Waals surface area contributed by atoms with Crippen LogP contribution in [0.1, 0.15) is 30.4 Å². The van der Waals surface area contributed by atoms with Gasteiger partial charge in [-0.2, -0.15) is 0 Å². The van der Waals surface area contributed by atoms with Gasteiger partial charge < -0.3 is 5.73 Å². The van der Waals surface area contributed by atoms with Crippen molar-refractivity contribution in [3.8, 4) is 0 Å². The summed E-state index contributed by atoms with van der Waals surface area (Å²) >= 11 is 0. The highest BCUT2D eigenvalue weighted by atomic mass is 14.5. The zero-order valence-corrected chi connectivity index (χ0v) is 13.1. The average molecular weight is 291 g/mol. The predicted molar refractivity (Wildman–Crippen MR) is 97.3 cm³/mol. The molecule has 0 unspecified atom stereocenters. The molecular formula is C21H25N. The average Bonchev–Trinajstić information content (AvgIpc) is 2.57. The van der Waals surface area contributed by atoms with Gasteiger partial charge in [-0.05, 0) is 42.9 Å². The van der Waals surface area contributed by atoms with Crippen LogP contribution >= 0.6 is 0 Å². The molecule has 2 aromatic carbocycles. The Balaban J connectivity index is 1.84. The number of benzene rings is 2. The molecule has 0 heterocycles. The summed E-state index contributed by atoms with van der Waals surface area (Å²) in [6, 6.07) is 20.9. The van der Waals surface area contributed by atoms with Crippen molar-refractivity contribution in [3.05, 3.63) is 83.9 Å². The lowest BCUT2D eigenvalue weighted by Crippen LogP contribution is -2.07. The largest absolute Gasteiger partial charge is 0.330 e. The van der Waals surface area contributed by atoms with E-state index in [1.807, 2.05) is 12.1 Å². The van der Waals surface area contributed by atoms with Crippen LogP contribution in [0.4, 0.5) is 0 Å². The van der Waals surface area contributed by atoms with E-state index in [1.165, 1.54) is 11.1 Å². The van der Waals surface area contributed by atoms with Gasteiger partial charge in [0.05, 0.1) is 0 Å². The van der Waals surface area contributed by atoms with E-state index in [-0.39, 0.29) is 0 Å². The van der Waals surface area contributed by atoms with Crippen LogP contribution in [-0.4, -0.2) is 6.54 Å². The second kappa shape index (κ2) is 9.75. The van der Waals surface area contributed by atoms with Gasteiger partial charge in [0.25, 0.3) is 0 Å². The highest BCUT2D eigenvalue weighted by Gasteiger charge is 2.03. The first kappa shape index (κ1) is 16.3. The maximum absolute atomic E-state index is 5.75. The molecular weight excluding hydrogens is 266 g/mol. The molecule has 0 saturated carbocycles. The molecule has 0 fully saturated rings. The molecule has 2 N–H and O–H groups in total. The summed E-state index contributed by atoms with van der Waals surface area (Å²) in [6.07, 6.45) is 12.2.